The molecule has 58 valence electrons. The van der Waals surface area contributed by atoms with Crippen molar-refractivity contribution in [1.82, 2.24) is 15.0 Å². The Balaban J connectivity index is 2.48. The fraction of sp³-hybridized carbons (Fsp3) is 0. The Kier molecular flexibility index (Phi) is 1.50. The van der Waals surface area contributed by atoms with E-state index >= 15 is 0 Å². The van der Waals surface area contributed by atoms with Crippen molar-refractivity contribution in [3.63, 3.8) is 0 Å². The van der Waals surface area contributed by atoms with Gasteiger partial charge in [0.05, 0.1) is 5.69 Å². The number of nitrogens with zero attached hydrogens (tertiary/aromatic N) is 3. The highest BCUT2D eigenvalue weighted by Gasteiger charge is 1.94. The first kappa shape index (κ1) is 5.83. The lowest BCUT2D eigenvalue weighted by Gasteiger charge is -1.96. The van der Waals surface area contributed by atoms with Crippen molar-refractivity contribution in [3.05, 3.63) is 43.1 Å². The average molecular weight is 158 g/mol. The predicted octanol–water partition coefficient (Wildman–Crippen LogP) is 1.54. The summed E-state index contributed by atoms with van der Waals surface area (Å²) in [5, 5.41) is 0. The van der Waals surface area contributed by atoms with E-state index in [4.69, 9.17) is 1.37 Å². The van der Waals surface area contributed by atoms with Gasteiger partial charge in [0, 0.05) is 24.2 Å². The van der Waals surface area contributed by atoms with E-state index in [0.717, 1.165) is 11.3 Å². The zero-order valence-electron chi connectivity index (χ0n) is 7.31. The maximum absolute atomic E-state index is 7.24. The summed E-state index contributed by atoms with van der Waals surface area (Å²) in [5.74, 6) is 0. The van der Waals surface area contributed by atoms with Gasteiger partial charge in [0.1, 0.15) is 7.67 Å². The zero-order valence-corrected chi connectivity index (χ0v) is 6.31. The van der Waals surface area contributed by atoms with Gasteiger partial charge in [-0.05, 0) is 18.2 Å². The molecule has 0 radical (unpaired) electrons. The molecule has 2 heterocycles. The molecule has 2 aromatic heterocycles. The van der Waals surface area contributed by atoms with Gasteiger partial charge in [-0.1, -0.05) is 0 Å². The molecule has 0 aliphatic carbocycles. The van der Waals surface area contributed by atoms with Gasteiger partial charge in [0.15, 0.2) is 0 Å². The topological polar surface area (TPSA) is 38.7 Å². The third-order valence-corrected chi connectivity index (χ3v) is 1.49. The molecule has 0 aromatic carbocycles. The minimum Gasteiger partial charge on any atom is -0.264 e. The van der Waals surface area contributed by atoms with E-state index in [2.05, 4.69) is 15.0 Å². The van der Waals surface area contributed by atoms with Crippen molar-refractivity contribution in [2.45, 2.75) is 0 Å². The van der Waals surface area contributed by atoms with Crippen LogP contribution in [0.3, 0.4) is 0 Å². The van der Waals surface area contributed by atoms with Crippen LogP contribution in [-0.4, -0.2) is 15.0 Å². The smallest absolute Gasteiger partial charge is 0.116 e. The number of rotatable bonds is 1. The summed E-state index contributed by atoms with van der Waals surface area (Å²) in [4.78, 5) is 11.6. The Morgan fingerprint density at radius 1 is 1.17 bits per heavy atom. The van der Waals surface area contributed by atoms with Crippen LogP contribution in [0.25, 0.3) is 11.3 Å². The third kappa shape index (κ3) is 1.29. The average Bonchev–Trinajstić information content (AvgIpc) is 2.19. The molecule has 2 rings (SSSR count). The second kappa shape index (κ2) is 3.09. The molecule has 3 nitrogen and oxygen atoms in total. The van der Waals surface area contributed by atoms with E-state index in [9.17, 15) is 0 Å². The molecule has 0 bridgehead atoms. The minimum atomic E-state index is 0.0290. The van der Waals surface area contributed by atoms with Gasteiger partial charge in [-0.3, -0.25) is 4.98 Å². The Hall–Kier alpha value is -1.77. The zero-order chi connectivity index (χ0) is 9.10. The molecule has 0 saturated heterocycles. The van der Waals surface area contributed by atoms with Crippen LogP contribution in [0, 0.1) is 0 Å². The number of aromatic nitrogens is 3. The molecule has 0 spiro atoms. The molecule has 2 aromatic rings. The molecule has 0 saturated carbocycles. The van der Waals surface area contributed by atoms with Crippen molar-refractivity contribution in [2.24, 2.45) is 0 Å². The van der Waals surface area contributed by atoms with Crippen LogP contribution < -0.4 is 0 Å². The lowest BCUT2D eigenvalue weighted by molar-refractivity contribution is 1.17. The Morgan fingerprint density at radius 2 is 2.17 bits per heavy atom. The lowest BCUT2D eigenvalue weighted by Crippen LogP contribution is -1.83. The number of hydrogen-bond acceptors (Lipinski definition) is 3. The second-order valence-electron chi connectivity index (χ2n) is 2.28. The van der Waals surface area contributed by atoms with Gasteiger partial charge in [-0.2, -0.15) is 0 Å². The summed E-state index contributed by atoms with van der Waals surface area (Å²) in [7, 11) is 0. The van der Waals surface area contributed by atoms with Crippen molar-refractivity contribution in [2.75, 3.05) is 0 Å². The highest BCUT2D eigenvalue weighted by Crippen LogP contribution is 2.12. The van der Waals surface area contributed by atoms with Gasteiger partial charge in [-0.25, -0.2) is 9.97 Å². The fourth-order valence-corrected chi connectivity index (χ4v) is 0.936. The predicted molar refractivity (Wildman–Crippen MR) is 45.3 cm³/mol. The monoisotopic (exact) mass is 158 g/mol. The quantitative estimate of drug-likeness (QED) is 0.631. The van der Waals surface area contributed by atoms with Crippen molar-refractivity contribution in [1.29, 1.82) is 0 Å². The molecular weight excluding hydrogens is 150 g/mol. The Morgan fingerprint density at radius 3 is 2.92 bits per heavy atom. The molecule has 3 heteroatoms. The van der Waals surface area contributed by atoms with Crippen molar-refractivity contribution in [3.8, 4) is 11.3 Å². The van der Waals surface area contributed by atoms with Crippen LogP contribution in [0.4, 0.5) is 0 Å². The fourth-order valence-electron chi connectivity index (χ4n) is 0.936. The van der Waals surface area contributed by atoms with E-state index in [1.165, 1.54) is 0 Å². The van der Waals surface area contributed by atoms with Gasteiger partial charge in [-0.15, -0.1) is 0 Å². The third-order valence-electron chi connectivity index (χ3n) is 1.49. The number of hydrogen-bond donors (Lipinski definition) is 0. The molecule has 0 aliphatic heterocycles. The van der Waals surface area contributed by atoms with Gasteiger partial charge in [0.2, 0.25) is 0 Å². The number of pyridine rings is 1. The van der Waals surface area contributed by atoms with E-state index in [0.29, 0.717) is 0 Å². The van der Waals surface area contributed by atoms with Crippen LogP contribution in [0.15, 0.2) is 43.1 Å². The first-order valence-electron chi connectivity index (χ1n) is 4.06. The van der Waals surface area contributed by atoms with Crippen LogP contribution in [-0.2, 0) is 0 Å². The SMILES string of the molecule is [2H]c1nccc(-c2cccnc2)n1. The van der Waals surface area contributed by atoms with Gasteiger partial charge >= 0.3 is 0 Å². The van der Waals surface area contributed by atoms with Crippen LogP contribution in [0.5, 0.6) is 0 Å². The highest BCUT2D eigenvalue weighted by atomic mass is 14.8. The highest BCUT2D eigenvalue weighted by molar-refractivity contribution is 5.56. The second-order valence-corrected chi connectivity index (χ2v) is 2.28. The molecular formula is C9H7N3. The largest absolute Gasteiger partial charge is 0.264 e. The molecule has 0 unspecified atom stereocenters. The van der Waals surface area contributed by atoms with Crippen LogP contribution in [0.2, 0.25) is 0 Å². The van der Waals surface area contributed by atoms with E-state index in [1.807, 2.05) is 12.1 Å². The standard InChI is InChI=1S/C9H7N3/c1-2-8(6-10-4-1)9-3-5-11-7-12-9/h1-7H/i7D. The molecule has 0 fully saturated rings. The summed E-state index contributed by atoms with van der Waals surface area (Å²) in [5.41, 5.74) is 1.63. The normalized spacial score (nSPS) is 10.8. The van der Waals surface area contributed by atoms with Crippen molar-refractivity contribution < 1.29 is 1.37 Å². The Labute approximate surface area is 71.6 Å². The summed E-state index contributed by atoms with van der Waals surface area (Å²) in [6.45, 7) is 0. The lowest BCUT2D eigenvalue weighted by atomic mass is 10.2. The summed E-state index contributed by atoms with van der Waals surface area (Å²) < 4.78 is 7.24. The first-order valence-corrected chi connectivity index (χ1v) is 3.56. The molecule has 12 heavy (non-hydrogen) atoms. The van der Waals surface area contributed by atoms with E-state index < -0.39 is 0 Å². The molecule has 0 N–H and O–H groups in total. The molecule has 0 atom stereocenters. The maximum Gasteiger partial charge on any atom is 0.116 e. The van der Waals surface area contributed by atoms with Crippen molar-refractivity contribution >= 4 is 0 Å². The summed E-state index contributed by atoms with van der Waals surface area (Å²) in [6, 6.07) is 5.49. The summed E-state index contributed by atoms with van der Waals surface area (Å²) in [6.07, 6.45) is 5.01. The minimum absolute atomic E-state index is 0.0290. The molecule has 0 amide bonds. The van der Waals surface area contributed by atoms with Gasteiger partial charge < -0.3 is 0 Å². The first-order chi connectivity index (χ1) is 6.36. The molecule has 0 aliphatic rings. The Bertz CT molecular complexity index is 403. The van der Waals surface area contributed by atoms with E-state index in [-0.39, 0.29) is 6.30 Å². The van der Waals surface area contributed by atoms with Crippen LogP contribution >= 0.6 is 0 Å². The van der Waals surface area contributed by atoms with E-state index in [1.54, 1.807) is 24.7 Å². The summed E-state index contributed by atoms with van der Waals surface area (Å²) >= 11 is 0. The van der Waals surface area contributed by atoms with Gasteiger partial charge in [0.25, 0.3) is 0 Å². The maximum atomic E-state index is 7.24. The van der Waals surface area contributed by atoms with Crippen LogP contribution in [0.1, 0.15) is 1.37 Å².